The van der Waals surface area contributed by atoms with E-state index in [2.05, 4.69) is 16.2 Å². The van der Waals surface area contributed by atoms with Crippen LogP contribution in [0.3, 0.4) is 0 Å². The van der Waals surface area contributed by atoms with Crippen LogP contribution >= 0.6 is 23.2 Å². The molecule has 0 amide bonds. The molecule has 40 heavy (non-hydrogen) atoms. The van der Waals surface area contributed by atoms with Crippen LogP contribution in [0.25, 0.3) is 17.3 Å². The summed E-state index contributed by atoms with van der Waals surface area (Å²) in [4.78, 5) is 14.9. The van der Waals surface area contributed by atoms with Gasteiger partial charge in [0.1, 0.15) is 17.3 Å². The van der Waals surface area contributed by atoms with Crippen LogP contribution in [0, 0.1) is 11.2 Å². The Morgan fingerprint density at radius 2 is 1.82 bits per heavy atom. The molecule has 4 fully saturated rings. The third-order valence-electron chi connectivity index (χ3n) is 8.93. The fraction of sp³-hybridized carbons (Fsp3) is 0.452. The summed E-state index contributed by atoms with van der Waals surface area (Å²) in [6.07, 6.45) is 15.6. The SMILES string of the molecule is O=C(O)CCc1ccc(/C=C/C23CCC(OCc4c(-c5c(Cl)cncc5Cl)noc4C4CC4)(CC2)CC3)cc1F. The van der Waals surface area contributed by atoms with Crippen molar-refractivity contribution < 1.29 is 23.6 Å². The Bertz CT molecular complexity index is 1420. The number of aryl methyl sites for hydroxylation is 1. The summed E-state index contributed by atoms with van der Waals surface area (Å²) in [5, 5.41) is 14.1. The van der Waals surface area contributed by atoms with Crippen LogP contribution in [0.5, 0.6) is 0 Å². The van der Waals surface area contributed by atoms with Crippen LogP contribution in [0.1, 0.15) is 86.2 Å². The molecule has 2 aromatic heterocycles. The predicted molar refractivity (Wildman–Crippen MR) is 151 cm³/mol. The number of aromatic nitrogens is 2. The van der Waals surface area contributed by atoms with Crippen molar-refractivity contribution >= 4 is 35.2 Å². The molecule has 4 aliphatic rings. The summed E-state index contributed by atoms with van der Waals surface area (Å²) in [6, 6.07) is 5.05. The predicted octanol–water partition coefficient (Wildman–Crippen LogP) is 8.40. The number of hydrogen-bond acceptors (Lipinski definition) is 5. The molecule has 4 aliphatic carbocycles. The van der Waals surface area contributed by atoms with Gasteiger partial charge in [-0.05, 0) is 80.4 Å². The van der Waals surface area contributed by atoms with Gasteiger partial charge in [-0.15, -0.1) is 0 Å². The molecule has 6 nitrogen and oxygen atoms in total. The lowest BCUT2D eigenvalue weighted by molar-refractivity contribution is -0.137. The van der Waals surface area contributed by atoms with Crippen molar-refractivity contribution in [2.45, 2.75) is 82.3 Å². The third kappa shape index (κ3) is 5.56. The van der Waals surface area contributed by atoms with Crippen LogP contribution in [-0.2, 0) is 22.6 Å². The molecule has 2 heterocycles. The van der Waals surface area contributed by atoms with Gasteiger partial charge in [-0.3, -0.25) is 9.78 Å². The molecule has 0 unspecified atom stereocenters. The Balaban J connectivity index is 1.13. The highest BCUT2D eigenvalue weighted by atomic mass is 35.5. The second kappa shape index (κ2) is 10.9. The highest BCUT2D eigenvalue weighted by Crippen LogP contribution is 2.55. The Morgan fingerprint density at radius 1 is 1.12 bits per heavy atom. The second-order valence-electron chi connectivity index (χ2n) is 11.5. The van der Waals surface area contributed by atoms with Gasteiger partial charge in [0.15, 0.2) is 0 Å². The van der Waals surface area contributed by atoms with E-state index in [1.165, 1.54) is 6.07 Å². The zero-order chi connectivity index (χ0) is 27.9. The topological polar surface area (TPSA) is 85.5 Å². The van der Waals surface area contributed by atoms with E-state index in [1.807, 2.05) is 12.1 Å². The molecular formula is C31H31Cl2FN2O4. The van der Waals surface area contributed by atoms with Crippen molar-refractivity contribution in [2.75, 3.05) is 0 Å². The van der Waals surface area contributed by atoms with Crippen molar-refractivity contribution in [3.05, 3.63) is 75.0 Å². The molecule has 0 atom stereocenters. The van der Waals surface area contributed by atoms with Crippen LogP contribution in [0.15, 0.2) is 41.2 Å². The number of fused-ring (bicyclic) bond motifs is 3. The minimum atomic E-state index is -0.926. The first-order valence-electron chi connectivity index (χ1n) is 13.9. The smallest absolute Gasteiger partial charge is 0.303 e. The summed E-state index contributed by atoms with van der Waals surface area (Å²) in [5.74, 6) is -0.0396. The Hall–Kier alpha value is -2.74. The number of rotatable bonds is 10. The van der Waals surface area contributed by atoms with Gasteiger partial charge in [-0.1, -0.05) is 52.6 Å². The average molecular weight is 586 g/mol. The molecule has 3 aromatic rings. The summed E-state index contributed by atoms with van der Waals surface area (Å²) in [5.41, 5.74) is 3.34. The van der Waals surface area contributed by atoms with Gasteiger partial charge >= 0.3 is 5.97 Å². The van der Waals surface area contributed by atoms with E-state index in [0.717, 1.165) is 68.3 Å². The Labute approximate surface area is 242 Å². The number of carbonyl (C=O) groups is 1. The van der Waals surface area contributed by atoms with E-state index in [9.17, 15) is 9.18 Å². The standard InChI is InChI=1S/C31H31Cl2FN2O4/c32-23-16-35-17-24(33)27(23)28-22(29(40-36-28)21-3-4-21)18-39-31-12-9-30(10-13-31,11-14-31)8-7-19-1-2-20(25(34)15-19)5-6-26(37)38/h1-2,7-8,15-17,21H,3-6,9-14,18H2,(H,37,38)/b8-7+. The number of hydrogen-bond donors (Lipinski definition) is 1. The second-order valence-corrected chi connectivity index (χ2v) is 12.4. The first kappa shape index (κ1) is 27.4. The summed E-state index contributed by atoms with van der Waals surface area (Å²) >= 11 is 12.9. The van der Waals surface area contributed by atoms with E-state index < -0.39 is 5.97 Å². The number of aliphatic carboxylic acids is 1. The normalized spacial score (nSPS) is 24.2. The lowest BCUT2D eigenvalue weighted by atomic mass is 9.58. The summed E-state index contributed by atoms with van der Waals surface area (Å²) in [6.45, 7) is 0.399. The van der Waals surface area contributed by atoms with Crippen molar-refractivity contribution in [2.24, 2.45) is 5.41 Å². The van der Waals surface area contributed by atoms with Crippen molar-refractivity contribution in [3.63, 3.8) is 0 Å². The highest BCUT2D eigenvalue weighted by molar-refractivity contribution is 6.38. The third-order valence-corrected chi connectivity index (χ3v) is 9.50. The van der Waals surface area contributed by atoms with Crippen LogP contribution < -0.4 is 0 Å². The van der Waals surface area contributed by atoms with E-state index >= 15 is 0 Å². The number of pyridine rings is 1. The van der Waals surface area contributed by atoms with Crippen molar-refractivity contribution in [3.8, 4) is 11.3 Å². The molecule has 1 aromatic carbocycles. The molecular weight excluding hydrogens is 554 g/mol. The molecule has 1 N–H and O–H groups in total. The number of ether oxygens (including phenoxy) is 1. The zero-order valence-electron chi connectivity index (χ0n) is 22.1. The lowest BCUT2D eigenvalue weighted by Gasteiger charge is -2.52. The molecule has 2 bridgehead atoms. The maximum atomic E-state index is 14.5. The maximum Gasteiger partial charge on any atom is 0.303 e. The minimum absolute atomic E-state index is 0.0788. The molecule has 4 saturated carbocycles. The van der Waals surface area contributed by atoms with E-state index in [4.69, 9.17) is 37.6 Å². The zero-order valence-corrected chi connectivity index (χ0v) is 23.6. The number of nitrogens with zero attached hydrogens (tertiary/aromatic N) is 2. The molecule has 0 radical (unpaired) electrons. The molecule has 9 heteroatoms. The monoisotopic (exact) mass is 584 g/mol. The minimum Gasteiger partial charge on any atom is -0.481 e. The van der Waals surface area contributed by atoms with Crippen molar-refractivity contribution in [1.82, 2.24) is 10.1 Å². The maximum absolute atomic E-state index is 14.5. The van der Waals surface area contributed by atoms with Gasteiger partial charge in [0.2, 0.25) is 0 Å². The average Bonchev–Trinajstić information content (AvgIpc) is 3.71. The number of benzene rings is 1. The first-order valence-corrected chi connectivity index (χ1v) is 14.6. The Morgan fingerprint density at radius 3 is 2.45 bits per heavy atom. The molecule has 210 valence electrons. The lowest BCUT2D eigenvalue weighted by Crippen LogP contribution is -2.46. The number of halogens is 3. The van der Waals surface area contributed by atoms with E-state index in [1.54, 1.807) is 18.5 Å². The van der Waals surface area contributed by atoms with Gasteiger partial charge in [0, 0.05) is 35.9 Å². The molecule has 0 aliphatic heterocycles. The fourth-order valence-electron chi connectivity index (χ4n) is 6.22. The van der Waals surface area contributed by atoms with Gasteiger partial charge in [-0.2, -0.15) is 0 Å². The molecule has 7 rings (SSSR count). The van der Waals surface area contributed by atoms with E-state index in [-0.39, 0.29) is 29.7 Å². The molecule has 0 spiro atoms. The van der Waals surface area contributed by atoms with E-state index in [0.29, 0.717) is 39.4 Å². The van der Waals surface area contributed by atoms with Crippen LogP contribution in [-0.4, -0.2) is 26.8 Å². The fourth-order valence-corrected chi connectivity index (χ4v) is 6.76. The van der Waals surface area contributed by atoms with Gasteiger partial charge in [0.05, 0.1) is 22.3 Å². The van der Waals surface area contributed by atoms with Crippen LogP contribution in [0.2, 0.25) is 10.0 Å². The number of carboxylic acids is 1. The number of allylic oxidation sites excluding steroid dienone is 1. The largest absolute Gasteiger partial charge is 0.481 e. The Kier molecular flexibility index (Phi) is 7.49. The quantitative estimate of drug-likeness (QED) is 0.257. The number of carboxylic acid groups (broad SMARTS) is 1. The van der Waals surface area contributed by atoms with Gasteiger partial charge in [0.25, 0.3) is 0 Å². The summed E-state index contributed by atoms with van der Waals surface area (Å²) in [7, 11) is 0. The van der Waals surface area contributed by atoms with Gasteiger partial charge in [-0.25, -0.2) is 4.39 Å². The molecule has 0 saturated heterocycles. The summed E-state index contributed by atoms with van der Waals surface area (Å²) < 4.78 is 27.0. The van der Waals surface area contributed by atoms with Gasteiger partial charge < -0.3 is 14.4 Å². The highest BCUT2D eigenvalue weighted by Gasteiger charge is 2.48. The first-order chi connectivity index (χ1) is 19.3. The van der Waals surface area contributed by atoms with Crippen molar-refractivity contribution in [1.29, 1.82) is 0 Å². The van der Waals surface area contributed by atoms with Crippen LogP contribution in [0.4, 0.5) is 4.39 Å².